The molecule has 1 atom stereocenters. The van der Waals surface area contributed by atoms with Crippen molar-refractivity contribution in [3.63, 3.8) is 0 Å². The highest BCUT2D eigenvalue weighted by Crippen LogP contribution is 2.36. The molecule has 0 bridgehead atoms. The van der Waals surface area contributed by atoms with Gasteiger partial charge in [-0.3, -0.25) is 9.59 Å². The summed E-state index contributed by atoms with van der Waals surface area (Å²) in [5.41, 5.74) is -0.265. The first-order chi connectivity index (χ1) is 10.0. The van der Waals surface area contributed by atoms with Gasteiger partial charge in [0.05, 0.1) is 5.41 Å². The Kier molecular flexibility index (Phi) is 5.22. The van der Waals surface area contributed by atoms with Gasteiger partial charge in [-0.15, -0.1) is 0 Å². The van der Waals surface area contributed by atoms with Gasteiger partial charge in [0.1, 0.15) is 6.61 Å². The minimum Gasteiger partial charge on any atom is -0.375 e. The molecule has 2 saturated heterocycles. The molecule has 120 valence electrons. The van der Waals surface area contributed by atoms with Gasteiger partial charge in [0, 0.05) is 39.8 Å². The van der Waals surface area contributed by atoms with E-state index >= 15 is 0 Å². The van der Waals surface area contributed by atoms with E-state index in [4.69, 9.17) is 4.74 Å². The number of ether oxygens (including phenoxy) is 1. The molecule has 0 aromatic heterocycles. The third kappa shape index (κ3) is 3.21. The lowest BCUT2D eigenvalue weighted by atomic mass is 9.75. The van der Waals surface area contributed by atoms with E-state index < -0.39 is 0 Å². The Morgan fingerprint density at radius 2 is 1.81 bits per heavy atom. The summed E-state index contributed by atoms with van der Waals surface area (Å²) in [6.07, 6.45) is 0.909. The number of piperazine rings is 1. The zero-order valence-corrected chi connectivity index (χ0v) is 13.4. The van der Waals surface area contributed by atoms with E-state index in [2.05, 4.69) is 19.2 Å². The fraction of sp³-hybridized carbons (Fsp3) is 0.867. The summed E-state index contributed by atoms with van der Waals surface area (Å²) in [4.78, 5) is 28.4. The third-order valence-corrected chi connectivity index (χ3v) is 4.91. The van der Waals surface area contributed by atoms with Crippen molar-refractivity contribution in [3.8, 4) is 0 Å². The topological polar surface area (TPSA) is 61.9 Å². The van der Waals surface area contributed by atoms with Crippen molar-refractivity contribution >= 4 is 11.8 Å². The van der Waals surface area contributed by atoms with Crippen LogP contribution in [0.1, 0.15) is 20.3 Å². The Balaban J connectivity index is 1.95. The van der Waals surface area contributed by atoms with Gasteiger partial charge in [-0.2, -0.15) is 0 Å². The molecule has 2 fully saturated rings. The van der Waals surface area contributed by atoms with Crippen LogP contribution in [-0.4, -0.2) is 74.6 Å². The smallest absolute Gasteiger partial charge is 0.248 e. The highest BCUT2D eigenvalue weighted by atomic mass is 16.5. The van der Waals surface area contributed by atoms with E-state index in [0.717, 1.165) is 19.5 Å². The van der Waals surface area contributed by atoms with Crippen molar-refractivity contribution in [1.82, 2.24) is 15.1 Å². The number of carbonyl (C=O) groups excluding carboxylic acids is 2. The van der Waals surface area contributed by atoms with Crippen LogP contribution in [0.2, 0.25) is 0 Å². The van der Waals surface area contributed by atoms with Gasteiger partial charge in [-0.25, -0.2) is 0 Å². The van der Waals surface area contributed by atoms with Crippen molar-refractivity contribution in [2.75, 3.05) is 53.0 Å². The number of amides is 2. The molecule has 21 heavy (non-hydrogen) atoms. The lowest BCUT2D eigenvalue weighted by Crippen LogP contribution is -2.56. The summed E-state index contributed by atoms with van der Waals surface area (Å²) < 4.78 is 4.88. The monoisotopic (exact) mass is 297 g/mol. The van der Waals surface area contributed by atoms with Crippen molar-refractivity contribution in [3.05, 3.63) is 0 Å². The molecule has 0 aliphatic carbocycles. The Hall–Kier alpha value is -1.14. The molecular weight excluding hydrogens is 270 g/mol. The second-order valence-corrected chi connectivity index (χ2v) is 6.34. The zero-order valence-electron chi connectivity index (χ0n) is 13.4. The van der Waals surface area contributed by atoms with Crippen molar-refractivity contribution in [1.29, 1.82) is 0 Å². The molecule has 2 amide bonds. The third-order valence-electron chi connectivity index (χ3n) is 4.91. The van der Waals surface area contributed by atoms with Gasteiger partial charge in [0.25, 0.3) is 0 Å². The van der Waals surface area contributed by atoms with Crippen LogP contribution in [0.15, 0.2) is 0 Å². The molecule has 1 unspecified atom stereocenters. The van der Waals surface area contributed by atoms with Gasteiger partial charge in [0.15, 0.2) is 0 Å². The van der Waals surface area contributed by atoms with Crippen LogP contribution in [0.5, 0.6) is 0 Å². The first-order valence-corrected chi connectivity index (χ1v) is 7.78. The van der Waals surface area contributed by atoms with Crippen LogP contribution in [0.4, 0.5) is 0 Å². The second-order valence-electron chi connectivity index (χ2n) is 6.34. The molecule has 0 saturated carbocycles. The molecule has 0 aromatic carbocycles. The Bertz CT molecular complexity index is 384. The SMILES string of the molecule is COCC(=O)N1CCN(C(=O)C2(C(C)C)CCNC2)CC1. The predicted octanol–water partition coefficient (Wildman–Crippen LogP) is -0.0607. The molecule has 0 radical (unpaired) electrons. The van der Waals surface area contributed by atoms with Crippen LogP contribution >= 0.6 is 0 Å². The largest absolute Gasteiger partial charge is 0.375 e. The van der Waals surface area contributed by atoms with E-state index in [1.165, 1.54) is 7.11 Å². The number of nitrogens with zero attached hydrogens (tertiary/aromatic N) is 2. The molecule has 2 rings (SSSR count). The Morgan fingerprint density at radius 3 is 2.29 bits per heavy atom. The summed E-state index contributed by atoms with van der Waals surface area (Å²) >= 11 is 0. The van der Waals surface area contributed by atoms with Gasteiger partial charge in [0.2, 0.25) is 11.8 Å². The van der Waals surface area contributed by atoms with Gasteiger partial charge in [-0.1, -0.05) is 13.8 Å². The number of carbonyl (C=O) groups is 2. The van der Waals surface area contributed by atoms with Crippen LogP contribution < -0.4 is 5.32 Å². The quantitative estimate of drug-likeness (QED) is 0.790. The Labute approximate surface area is 126 Å². The molecule has 2 heterocycles. The highest BCUT2D eigenvalue weighted by Gasteiger charge is 2.46. The standard InChI is InChI=1S/C15H27N3O3/c1-12(2)15(4-5-16-11-15)14(20)18-8-6-17(7-9-18)13(19)10-21-3/h12,16H,4-11H2,1-3H3. The molecule has 2 aliphatic heterocycles. The molecule has 1 N–H and O–H groups in total. The maximum atomic E-state index is 12.9. The highest BCUT2D eigenvalue weighted by molar-refractivity contribution is 5.84. The summed E-state index contributed by atoms with van der Waals surface area (Å²) in [5.74, 6) is 0.584. The van der Waals surface area contributed by atoms with Crippen molar-refractivity contribution in [2.45, 2.75) is 20.3 Å². The Morgan fingerprint density at radius 1 is 1.19 bits per heavy atom. The summed E-state index contributed by atoms with van der Waals surface area (Å²) in [7, 11) is 1.52. The number of rotatable bonds is 4. The fourth-order valence-electron chi connectivity index (χ4n) is 3.32. The number of hydrogen-bond acceptors (Lipinski definition) is 4. The van der Waals surface area contributed by atoms with Crippen LogP contribution in [0.3, 0.4) is 0 Å². The number of nitrogens with one attached hydrogen (secondary N) is 1. The van der Waals surface area contributed by atoms with Crippen LogP contribution in [0, 0.1) is 11.3 Å². The summed E-state index contributed by atoms with van der Waals surface area (Å²) in [6, 6.07) is 0. The number of methoxy groups -OCH3 is 1. The van der Waals surface area contributed by atoms with E-state index in [-0.39, 0.29) is 23.8 Å². The predicted molar refractivity (Wildman–Crippen MR) is 79.8 cm³/mol. The van der Waals surface area contributed by atoms with Crippen molar-refractivity contribution < 1.29 is 14.3 Å². The van der Waals surface area contributed by atoms with E-state index in [1.807, 2.05) is 4.90 Å². The lowest BCUT2D eigenvalue weighted by molar-refractivity contribution is -0.149. The van der Waals surface area contributed by atoms with Crippen LogP contribution in [-0.2, 0) is 14.3 Å². The lowest BCUT2D eigenvalue weighted by Gasteiger charge is -2.41. The first kappa shape index (κ1) is 16.2. The molecular formula is C15H27N3O3. The molecule has 0 aromatic rings. The maximum absolute atomic E-state index is 12.9. The summed E-state index contributed by atoms with van der Waals surface area (Å²) in [6.45, 7) is 8.53. The average molecular weight is 297 g/mol. The molecule has 6 heteroatoms. The van der Waals surface area contributed by atoms with E-state index in [1.54, 1.807) is 4.90 Å². The molecule has 0 spiro atoms. The minimum absolute atomic E-state index is 0.00528. The zero-order chi connectivity index (χ0) is 15.5. The normalized spacial score (nSPS) is 26.5. The number of hydrogen-bond donors (Lipinski definition) is 1. The fourth-order valence-corrected chi connectivity index (χ4v) is 3.32. The van der Waals surface area contributed by atoms with Gasteiger partial charge >= 0.3 is 0 Å². The first-order valence-electron chi connectivity index (χ1n) is 7.78. The van der Waals surface area contributed by atoms with Crippen LogP contribution in [0.25, 0.3) is 0 Å². The van der Waals surface area contributed by atoms with E-state index in [9.17, 15) is 9.59 Å². The van der Waals surface area contributed by atoms with Crippen molar-refractivity contribution in [2.24, 2.45) is 11.3 Å². The summed E-state index contributed by atoms with van der Waals surface area (Å²) in [5, 5.41) is 3.33. The van der Waals surface area contributed by atoms with Gasteiger partial charge < -0.3 is 19.9 Å². The molecule has 2 aliphatic rings. The average Bonchev–Trinajstić information content (AvgIpc) is 2.98. The van der Waals surface area contributed by atoms with Gasteiger partial charge in [-0.05, 0) is 18.9 Å². The second kappa shape index (κ2) is 6.75. The molecule has 6 nitrogen and oxygen atoms in total. The van der Waals surface area contributed by atoms with E-state index in [0.29, 0.717) is 32.1 Å². The minimum atomic E-state index is -0.265. The maximum Gasteiger partial charge on any atom is 0.248 e.